The standard InChI is InChI=1S/C16H22N2OS/c1-5-18-9-17-14-13(15(18)19)11-7-6-10(16(2,3)4)8-12(11)20-14/h9-10H,5-8H2,1-4H3/t10-/m1/s1. The van der Waals surface area contributed by atoms with E-state index in [4.69, 9.17) is 0 Å². The third-order valence-electron chi connectivity index (χ3n) is 4.60. The highest BCUT2D eigenvalue weighted by Crippen LogP contribution is 2.41. The highest BCUT2D eigenvalue weighted by atomic mass is 32.1. The molecule has 2 aromatic heterocycles. The van der Waals surface area contributed by atoms with Crippen LogP contribution in [0.2, 0.25) is 0 Å². The first-order valence-electron chi connectivity index (χ1n) is 7.41. The van der Waals surface area contributed by atoms with Crippen LogP contribution in [0.25, 0.3) is 10.2 Å². The summed E-state index contributed by atoms with van der Waals surface area (Å²) in [5.41, 5.74) is 1.76. The molecule has 2 aromatic rings. The van der Waals surface area contributed by atoms with Crippen LogP contribution in [-0.2, 0) is 19.4 Å². The maximum absolute atomic E-state index is 12.5. The van der Waals surface area contributed by atoms with E-state index in [2.05, 4.69) is 25.8 Å². The molecule has 0 fully saturated rings. The molecule has 3 nitrogen and oxygen atoms in total. The van der Waals surface area contributed by atoms with Crippen molar-refractivity contribution in [2.75, 3.05) is 0 Å². The number of rotatable bonds is 1. The lowest BCUT2D eigenvalue weighted by molar-refractivity contribution is 0.218. The molecule has 3 rings (SSSR count). The van der Waals surface area contributed by atoms with Gasteiger partial charge in [-0.2, -0.15) is 0 Å². The Balaban J connectivity index is 2.13. The second-order valence-corrected chi connectivity index (χ2v) is 7.91. The zero-order valence-corrected chi connectivity index (χ0v) is 13.5. The van der Waals surface area contributed by atoms with Gasteiger partial charge in [0.25, 0.3) is 5.56 Å². The molecule has 0 saturated carbocycles. The van der Waals surface area contributed by atoms with Gasteiger partial charge >= 0.3 is 0 Å². The van der Waals surface area contributed by atoms with Gasteiger partial charge in [-0.3, -0.25) is 9.36 Å². The molecular formula is C16H22N2OS. The van der Waals surface area contributed by atoms with E-state index >= 15 is 0 Å². The summed E-state index contributed by atoms with van der Waals surface area (Å²) in [6.45, 7) is 9.63. The van der Waals surface area contributed by atoms with Gasteiger partial charge in [-0.05, 0) is 43.1 Å². The summed E-state index contributed by atoms with van der Waals surface area (Å²) in [4.78, 5) is 19.3. The fourth-order valence-electron chi connectivity index (χ4n) is 3.17. The molecule has 0 N–H and O–H groups in total. The minimum absolute atomic E-state index is 0.143. The first kappa shape index (κ1) is 13.8. The van der Waals surface area contributed by atoms with Crippen LogP contribution in [0.5, 0.6) is 0 Å². The molecule has 0 amide bonds. The summed E-state index contributed by atoms with van der Waals surface area (Å²) in [5, 5.41) is 0.890. The number of thiophene rings is 1. The molecule has 20 heavy (non-hydrogen) atoms. The summed E-state index contributed by atoms with van der Waals surface area (Å²) >= 11 is 1.73. The molecule has 2 heterocycles. The Labute approximate surface area is 123 Å². The van der Waals surface area contributed by atoms with Gasteiger partial charge in [0.2, 0.25) is 0 Å². The summed E-state index contributed by atoms with van der Waals surface area (Å²) < 4.78 is 1.71. The van der Waals surface area contributed by atoms with Crippen molar-refractivity contribution in [3.8, 4) is 0 Å². The fourth-order valence-corrected chi connectivity index (χ4v) is 4.42. The van der Waals surface area contributed by atoms with Crippen molar-refractivity contribution in [2.24, 2.45) is 11.3 Å². The van der Waals surface area contributed by atoms with Gasteiger partial charge in [-0.15, -0.1) is 11.3 Å². The van der Waals surface area contributed by atoms with E-state index in [1.165, 1.54) is 16.9 Å². The van der Waals surface area contributed by atoms with Crippen LogP contribution in [0.4, 0.5) is 0 Å². The zero-order chi connectivity index (χ0) is 14.5. The molecule has 0 aromatic carbocycles. The molecule has 1 atom stereocenters. The molecule has 0 radical (unpaired) electrons. The number of hydrogen-bond donors (Lipinski definition) is 0. The van der Waals surface area contributed by atoms with Gasteiger partial charge in [-0.1, -0.05) is 20.8 Å². The maximum Gasteiger partial charge on any atom is 0.262 e. The number of hydrogen-bond acceptors (Lipinski definition) is 3. The number of fused-ring (bicyclic) bond motifs is 3. The predicted octanol–water partition coefficient (Wildman–Crippen LogP) is 3.63. The number of nitrogens with zero attached hydrogens (tertiary/aromatic N) is 2. The van der Waals surface area contributed by atoms with Crippen molar-refractivity contribution >= 4 is 21.6 Å². The van der Waals surface area contributed by atoms with Crippen molar-refractivity contribution in [3.05, 3.63) is 27.1 Å². The van der Waals surface area contributed by atoms with Crippen molar-refractivity contribution in [1.29, 1.82) is 0 Å². The minimum Gasteiger partial charge on any atom is -0.299 e. The van der Waals surface area contributed by atoms with Crippen LogP contribution < -0.4 is 5.56 Å². The van der Waals surface area contributed by atoms with E-state index in [0.717, 1.165) is 23.1 Å². The third kappa shape index (κ3) is 2.10. The SMILES string of the molecule is CCn1cnc2sc3c(c2c1=O)CC[C@@H](C(C)(C)C)C3. The van der Waals surface area contributed by atoms with Gasteiger partial charge in [0.1, 0.15) is 4.83 Å². The molecule has 1 aliphatic rings. The molecule has 0 saturated heterocycles. The Morgan fingerprint density at radius 2 is 2.20 bits per heavy atom. The van der Waals surface area contributed by atoms with Crippen molar-refractivity contribution in [3.63, 3.8) is 0 Å². The Kier molecular flexibility index (Phi) is 3.24. The molecule has 0 unspecified atom stereocenters. The van der Waals surface area contributed by atoms with Gasteiger partial charge in [0.15, 0.2) is 0 Å². The fraction of sp³-hybridized carbons (Fsp3) is 0.625. The monoisotopic (exact) mass is 290 g/mol. The van der Waals surface area contributed by atoms with E-state index in [-0.39, 0.29) is 5.56 Å². The second kappa shape index (κ2) is 4.69. The molecule has 0 bridgehead atoms. The maximum atomic E-state index is 12.5. The molecule has 108 valence electrons. The largest absolute Gasteiger partial charge is 0.299 e. The van der Waals surface area contributed by atoms with Gasteiger partial charge < -0.3 is 0 Å². The van der Waals surface area contributed by atoms with Crippen LogP contribution in [0.3, 0.4) is 0 Å². The molecule has 0 spiro atoms. The predicted molar refractivity (Wildman–Crippen MR) is 84.5 cm³/mol. The Bertz CT molecular complexity index is 706. The van der Waals surface area contributed by atoms with Crippen molar-refractivity contribution in [1.82, 2.24) is 9.55 Å². The van der Waals surface area contributed by atoms with Crippen molar-refractivity contribution < 1.29 is 0 Å². The second-order valence-electron chi connectivity index (χ2n) is 6.83. The average molecular weight is 290 g/mol. The number of aromatic nitrogens is 2. The first-order valence-corrected chi connectivity index (χ1v) is 8.23. The Morgan fingerprint density at radius 1 is 1.45 bits per heavy atom. The van der Waals surface area contributed by atoms with E-state index in [0.29, 0.717) is 17.9 Å². The highest BCUT2D eigenvalue weighted by molar-refractivity contribution is 7.18. The lowest BCUT2D eigenvalue weighted by Gasteiger charge is -2.33. The molecular weight excluding hydrogens is 268 g/mol. The summed E-state index contributed by atoms with van der Waals surface area (Å²) in [6, 6.07) is 0. The topological polar surface area (TPSA) is 34.9 Å². The first-order chi connectivity index (χ1) is 9.41. The van der Waals surface area contributed by atoms with Crippen molar-refractivity contribution in [2.45, 2.75) is 53.5 Å². The van der Waals surface area contributed by atoms with Gasteiger partial charge in [0, 0.05) is 11.4 Å². The van der Waals surface area contributed by atoms with Crippen LogP contribution in [0.1, 0.15) is 44.6 Å². The minimum atomic E-state index is 0.143. The van der Waals surface area contributed by atoms with E-state index in [1.807, 2.05) is 6.92 Å². The van der Waals surface area contributed by atoms with E-state index in [9.17, 15) is 4.79 Å². The third-order valence-corrected chi connectivity index (χ3v) is 5.76. The molecule has 1 aliphatic carbocycles. The van der Waals surface area contributed by atoms with Crippen LogP contribution in [0.15, 0.2) is 11.1 Å². The van der Waals surface area contributed by atoms with Crippen LogP contribution in [0, 0.1) is 11.3 Å². The van der Waals surface area contributed by atoms with E-state index in [1.54, 1.807) is 22.2 Å². The zero-order valence-electron chi connectivity index (χ0n) is 12.7. The van der Waals surface area contributed by atoms with Gasteiger partial charge in [-0.25, -0.2) is 4.98 Å². The number of aryl methyl sites for hydroxylation is 2. The lowest BCUT2D eigenvalue weighted by atomic mass is 9.72. The Hall–Kier alpha value is -1.16. The summed E-state index contributed by atoms with van der Waals surface area (Å²) in [5.74, 6) is 0.705. The molecule has 4 heteroatoms. The molecule has 0 aliphatic heterocycles. The van der Waals surface area contributed by atoms with Gasteiger partial charge in [0.05, 0.1) is 11.7 Å². The van der Waals surface area contributed by atoms with Crippen LogP contribution >= 0.6 is 11.3 Å². The average Bonchev–Trinajstić information content (AvgIpc) is 2.76. The normalized spacial score (nSPS) is 19.3. The Morgan fingerprint density at radius 3 is 2.85 bits per heavy atom. The summed E-state index contributed by atoms with van der Waals surface area (Å²) in [7, 11) is 0. The van der Waals surface area contributed by atoms with Crippen LogP contribution in [-0.4, -0.2) is 9.55 Å². The van der Waals surface area contributed by atoms with E-state index < -0.39 is 0 Å². The lowest BCUT2D eigenvalue weighted by Crippen LogP contribution is -2.27. The quantitative estimate of drug-likeness (QED) is 0.804. The highest BCUT2D eigenvalue weighted by Gasteiger charge is 2.31. The smallest absolute Gasteiger partial charge is 0.262 e. The summed E-state index contributed by atoms with van der Waals surface area (Å²) in [6.07, 6.45) is 5.00.